The fourth-order valence-electron chi connectivity index (χ4n) is 1.44. The summed E-state index contributed by atoms with van der Waals surface area (Å²) >= 11 is 0. The largest absolute Gasteiger partial charge is 0.517 e. The van der Waals surface area contributed by atoms with Gasteiger partial charge in [-0.25, -0.2) is 24.0 Å². The van der Waals surface area contributed by atoms with Gasteiger partial charge in [0.15, 0.2) is 0 Å². The Balaban J connectivity index is -0.000000105. The number of unbranched alkanes of at least 4 members (excludes halogenated alkanes) is 1. The monoisotopic (exact) mass is 674 g/mol. The molecule has 0 aliphatic heterocycles. The molecule has 0 saturated carbocycles. The van der Waals surface area contributed by atoms with Crippen LogP contribution in [0.1, 0.15) is 26.7 Å². The van der Waals surface area contributed by atoms with Gasteiger partial charge in [-0.3, -0.25) is 0 Å². The summed E-state index contributed by atoms with van der Waals surface area (Å²) in [5.74, 6) is -2.44. The highest BCUT2D eigenvalue weighted by Gasteiger charge is 2.17. The van der Waals surface area contributed by atoms with E-state index in [-0.39, 0.29) is 31.1 Å². The quantitative estimate of drug-likeness (QED) is 0.0533. The maximum absolute atomic E-state index is 10.6. The summed E-state index contributed by atoms with van der Waals surface area (Å²) in [6.07, 6.45) is 9.18. The first-order valence-corrected chi connectivity index (χ1v) is 21.1. The Morgan fingerprint density at radius 3 is 1.20 bits per heavy atom. The molecule has 0 radical (unpaired) electrons. The molecule has 0 spiro atoms. The number of hydrogen-bond donors (Lipinski definition) is 2. The second-order valence-electron chi connectivity index (χ2n) is 10.2. The molecular weight excluding hydrogens is 617 g/mol. The van der Waals surface area contributed by atoms with Crippen LogP contribution < -0.4 is 0 Å². The number of carboxylic acid groups (broad SMARTS) is 1. The van der Waals surface area contributed by atoms with Gasteiger partial charge in [0.25, 0.3) is 0 Å². The molecule has 0 rings (SSSR count). The van der Waals surface area contributed by atoms with Crippen molar-refractivity contribution >= 4 is 46.2 Å². The van der Waals surface area contributed by atoms with Gasteiger partial charge in [-0.15, -0.1) is 6.58 Å². The summed E-state index contributed by atoms with van der Waals surface area (Å²) in [5.41, 5.74) is 0. The van der Waals surface area contributed by atoms with Crippen molar-refractivity contribution in [2.75, 3.05) is 26.4 Å². The summed E-state index contributed by atoms with van der Waals surface area (Å²) < 4.78 is 18.8. The third-order valence-corrected chi connectivity index (χ3v) is 5.94. The Hall–Kier alpha value is -3.82. The zero-order valence-electron chi connectivity index (χ0n) is 28.7. The average Bonchev–Trinajstić information content (AvgIpc) is 2.95. The van der Waals surface area contributed by atoms with E-state index in [0.717, 1.165) is 31.0 Å². The van der Waals surface area contributed by atoms with Crippen molar-refractivity contribution in [2.45, 2.75) is 72.0 Å². The summed E-state index contributed by atoms with van der Waals surface area (Å²) in [5, 5.41) is 15.7. The molecule has 0 bridgehead atoms. The molecule has 13 heteroatoms. The van der Waals surface area contributed by atoms with Crippen molar-refractivity contribution in [3.8, 4) is 0 Å². The van der Waals surface area contributed by atoms with Crippen molar-refractivity contribution < 1.29 is 52.8 Å². The van der Waals surface area contributed by atoms with E-state index in [0.29, 0.717) is 13.2 Å². The van der Waals surface area contributed by atoms with Crippen LogP contribution in [0.15, 0.2) is 75.9 Å². The maximum Gasteiger partial charge on any atom is 0.330 e. The van der Waals surface area contributed by atoms with E-state index in [1.54, 1.807) is 6.08 Å². The predicted octanol–water partition coefficient (Wildman–Crippen LogP) is 6.28. The maximum atomic E-state index is 10.6. The van der Waals surface area contributed by atoms with E-state index in [9.17, 15) is 24.0 Å². The summed E-state index contributed by atoms with van der Waals surface area (Å²) in [7, 11) is -2.71. The first kappa shape index (κ1) is 53.7. The van der Waals surface area contributed by atoms with Crippen molar-refractivity contribution in [3.63, 3.8) is 0 Å². The molecular formula is C32H58O11Si2. The number of allylic oxidation sites excluding steroid dienone is 1. The van der Waals surface area contributed by atoms with Crippen molar-refractivity contribution in [2.24, 2.45) is 0 Å². The normalized spacial score (nSPS) is 8.91. The number of ether oxygens (including phenoxy) is 3. The highest BCUT2D eigenvalue weighted by Crippen LogP contribution is 2.07. The molecule has 45 heavy (non-hydrogen) atoms. The standard InChI is InChI=1S/C8H16O2Si.C7H12O2.C6H12O2Si.C5H8O3.C3H4O2.C3H6/c1-5-8(9)10-6-7-11(2,3)4;1-3-5-6-9-7(8)4-2;1-5-6(7)8-9(2,3)4;1-2-5(7)8-4-3-6;1-2-3(4)5;1-3-2/h5H,1,6-7H2,2-4H3;4H,2-3,5-6H2,1H3;5H,1H2,2-4H3;2,6H,1,3-4H2;2H,1H2,(H,4,5);3H,1H2,2H3. The lowest BCUT2D eigenvalue weighted by atomic mass is 10.4. The molecule has 0 aromatic carbocycles. The van der Waals surface area contributed by atoms with Crippen molar-refractivity contribution in [1.82, 2.24) is 0 Å². The summed E-state index contributed by atoms with van der Waals surface area (Å²) in [6.45, 7) is 36.8. The van der Waals surface area contributed by atoms with Gasteiger partial charge in [-0.2, -0.15) is 0 Å². The Morgan fingerprint density at radius 1 is 0.644 bits per heavy atom. The van der Waals surface area contributed by atoms with Crippen molar-refractivity contribution in [3.05, 3.63) is 75.9 Å². The van der Waals surface area contributed by atoms with Crippen LogP contribution >= 0.6 is 0 Å². The van der Waals surface area contributed by atoms with Gasteiger partial charge >= 0.3 is 29.8 Å². The van der Waals surface area contributed by atoms with Crippen LogP contribution in [-0.2, 0) is 42.6 Å². The number of aliphatic hydroxyl groups excluding tert-OH is 1. The van der Waals surface area contributed by atoms with E-state index in [4.69, 9.17) is 19.4 Å². The van der Waals surface area contributed by atoms with Crippen LogP contribution in [0, 0.1) is 0 Å². The van der Waals surface area contributed by atoms with Crippen LogP contribution in [0.4, 0.5) is 0 Å². The zero-order chi connectivity index (χ0) is 36.9. The van der Waals surface area contributed by atoms with E-state index in [2.05, 4.69) is 68.6 Å². The molecule has 0 aromatic heterocycles. The van der Waals surface area contributed by atoms with Gasteiger partial charge in [0.05, 0.1) is 19.8 Å². The van der Waals surface area contributed by atoms with Gasteiger partial charge in [-0.1, -0.05) is 72.0 Å². The highest BCUT2D eigenvalue weighted by atomic mass is 28.4. The van der Waals surface area contributed by atoms with Crippen LogP contribution in [0.3, 0.4) is 0 Å². The van der Waals surface area contributed by atoms with E-state index in [1.807, 2.05) is 33.5 Å². The van der Waals surface area contributed by atoms with Gasteiger partial charge in [0.2, 0.25) is 8.32 Å². The third kappa shape index (κ3) is 79.3. The van der Waals surface area contributed by atoms with Crippen molar-refractivity contribution in [1.29, 1.82) is 0 Å². The minimum atomic E-state index is -1.66. The number of aliphatic hydroxyl groups is 1. The molecule has 11 nitrogen and oxygen atoms in total. The number of hydrogen-bond acceptors (Lipinski definition) is 10. The van der Waals surface area contributed by atoms with E-state index < -0.39 is 28.3 Å². The fraction of sp³-hybridized carbons (Fsp3) is 0.469. The first-order chi connectivity index (χ1) is 20.7. The second kappa shape index (κ2) is 38.2. The third-order valence-electron chi connectivity index (χ3n) is 3.42. The number of rotatable bonds is 14. The molecule has 260 valence electrons. The highest BCUT2D eigenvalue weighted by molar-refractivity contribution is 6.76. The van der Waals surface area contributed by atoms with E-state index >= 15 is 0 Å². The SMILES string of the molecule is C=CC.C=CC(=O)O.C=CC(=O)OCCCC.C=CC(=O)OCCO.C=CC(=O)OCC[Si](C)(C)C.C=CC(=O)O[Si](C)(C)C. The Labute approximate surface area is 273 Å². The molecule has 0 amide bonds. The molecule has 2 N–H and O–H groups in total. The molecule has 0 aromatic rings. The lowest BCUT2D eigenvalue weighted by Crippen LogP contribution is -2.28. The lowest BCUT2D eigenvalue weighted by Gasteiger charge is -2.14. The van der Waals surface area contributed by atoms with Gasteiger partial charge in [-0.05, 0) is 39.0 Å². The number of carbonyl (C=O) groups excluding carboxylic acids is 4. The molecule has 0 atom stereocenters. The minimum absolute atomic E-state index is 0.0465. The lowest BCUT2D eigenvalue weighted by molar-refractivity contribution is -0.139. The first-order valence-electron chi connectivity index (χ1n) is 14.0. The Bertz CT molecular complexity index is 869. The summed E-state index contributed by atoms with van der Waals surface area (Å²) in [6, 6.07) is 1.02. The Kier molecular flexibility index (Phi) is 45.6. The van der Waals surface area contributed by atoms with E-state index in [1.165, 1.54) is 18.2 Å². The van der Waals surface area contributed by atoms with Crippen LogP contribution in [0.5, 0.6) is 0 Å². The average molecular weight is 675 g/mol. The smallest absolute Gasteiger partial charge is 0.330 e. The zero-order valence-corrected chi connectivity index (χ0v) is 30.7. The van der Waals surface area contributed by atoms with Gasteiger partial charge in [0.1, 0.15) is 6.61 Å². The second-order valence-corrected chi connectivity index (χ2v) is 20.2. The molecule has 0 saturated heterocycles. The number of carbonyl (C=O) groups is 5. The van der Waals surface area contributed by atoms with Gasteiger partial charge < -0.3 is 28.8 Å². The molecule has 0 unspecified atom stereocenters. The minimum Gasteiger partial charge on any atom is -0.517 e. The number of aliphatic carboxylic acids is 1. The molecule has 0 aliphatic rings. The van der Waals surface area contributed by atoms with Crippen LogP contribution in [-0.4, -0.2) is 82.9 Å². The molecule has 0 aliphatic carbocycles. The predicted molar refractivity (Wildman–Crippen MR) is 187 cm³/mol. The Morgan fingerprint density at radius 2 is 0.978 bits per heavy atom. The van der Waals surface area contributed by atoms with Crippen LogP contribution in [0.25, 0.3) is 0 Å². The van der Waals surface area contributed by atoms with Gasteiger partial charge in [0, 0.05) is 38.5 Å². The fourth-order valence-corrected chi connectivity index (χ4v) is 2.84. The molecule has 0 fully saturated rings. The number of carboxylic acids is 1. The summed E-state index contributed by atoms with van der Waals surface area (Å²) in [4.78, 5) is 50.8. The number of esters is 3. The molecule has 0 heterocycles. The topological polar surface area (TPSA) is 163 Å². The van der Waals surface area contributed by atoms with Crippen LogP contribution in [0.2, 0.25) is 45.3 Å².